The fourth-order valence-electron chi connectivity index (χ4n) is 3.05. The predicted octanol–water partition coefficient (Wildman–Crippen LogP) is 3.76. The van der Waals surface area contributed by atoms with E-state index in [1.165, 1.54) is 19.3 Å². The fraction of sp³-hybridized carbons (Fsp3) is 0.389. The van der Waals surface area contributed by atoms with Crippen molar-refractivity contribution in [2.45, 2.75) is 38.5 Å². The Balaban J connectivity index is 1.59. The summed E-state index contributed by atoms with van der Waals surface area (Å²) in [5.41, 5.74) is 1.35. The van der Waals surface area contributed by atoms with E-state index in [1.807, 2.05) is 6.07 Å². The fourth-order valence-corrected chi connectivity index (χ4v) is 3.05. The minimum atomic E-state index is 0.0330. The molecule has 1 fully saturated rings. The first-order chi connectivity index (χ1) is 11.2. The maximum Gasteiger partial charge on any atom is 0.224 e. The molecule has 0 unspecified atom stereocenters. The van der Waals surface area contributed by atoms with Gasteiger partial charge in [0.15, 0.2) is 5.82 Å². The van der Waals surface area contributed by atoms with Gasteiger partial charge >= 0.3 is 0 Å². The second kappa shape index (κ2) is 7.22. The molecular weight excluding hydrogens is 290 g/mol. The Hall–Kier alpha value is -2.43. The number of hydrogen-bond donors (Lipinski definition) is 2. The summed E-state index contributed by atoms with van der Waals surface area (Å²) in [5, 5.41) is 12.4. The van der Waals surface area contributed by atoms with Crippen LogP contribution in [0.25, 0.3) is 11.4 Å². The van der Waals surface area contributed by atoms with E-state index in [2.05, 4.69) is 15.3 Å². The summed E-state index contributed by atoms with van der Waals surface area (Å²) < 4.78 is 0. The molecule has 0 bridgehead atoms. The monoisotopic (exact) mass is 311 g/mol. The van der Waals surface area contributed by atoms with Crippen LogP contribution in [-0.2, 0) is 4.79 Å². The predicted molar refractivity (Wildman–Crippen MR) is 89.0 cm³/mol. The number of phenols is 1. The van der Waals surface area contributed by atoms with Gasteiger partial charge in [-0.2, -0.15) is 0 Å². The molecule has 1 aromatic carbocycles. The van der Waals surface area contributed by atoms with Crippen LogP contribution >= 0.6 is 0 Å². The molecule has 1 saturated carbocycles. The smallest absolute Gasteiger partial charge is 0.224 e. The van der Waals surface area contributed by atoms with Crippen LogP contribution < -0.4 is 5.32 Å². The largest absolute Gasteiger partial charge is 0.508 e. The summed E-state index contributed by atoms with van der Waals surface area (Å²) >= 11 is 0. The molecular formula is C18H21N3O2. The van der Waals surface area contributed by atoms with Crippen molar-refractivity contribution in [3.63, 3.8) is 0 Å². The van der Waals surface area contributed by atoms with Crippen LogP contribution in [0.4, 0.5) is 5.69 Å². The number of nitrogens with one attached hydrogen (secondary N) is 1. The van der Waals surface area contributed by atoms with Crippen LogP contribution in [0.2, 0.25) is 0 Å². The number of aromatic nitrogens is 2. The van der Waals surface area contributed by atoms with Crippen LogP contribution in [0.1, 0.15) is 38.5 Å². The van der Waals surface area contributed by atoms with E-state index in [9.17, 15) is 9.90 Å². The first kappa shape index (κ1) is 15.5. The van der Waals surface area contributed by atoms with Gasteiger partial charge in [-0.25, -0.2) is 9.97 Å². The van der Waals surface area contributed by atoms with Crippen LogP contribution in [0, 0.1) is 5.92 Å². The Morgan fingerprint density at radius 3 is 2.61 bits per heavy atom. The lowest BCUT2D eigenvalue weighted by molar-refractivity contribution is -0.117. The zero-order valence-electron chi connectivity index (χ0n) is 13.0. The number of anilines is 1. The van der Waals surface area contributed by atoms with Crippen molar-refractivity contribution in [3.05, 3.63) is 36.7 Å². The minimum absolute atomic E-state index is 0.0330. The van der Waals surface area contributed by atoms with Gasteiger partial charge in [0.05, 0.1) is 18.1 Å². The molecule has 3 rings (SSSR count). The maximum absolute atomic E-state index is 12.1. The van der Waals surface area contributed by atoms with Crippen molar-refractivity contribution in [1.29, 1.82) is 0 Å². The van der Waals surface area contributed by atoms with Crippen LogP contribution in [0.5, 0.6) is 5.75 Å². The third kappa shape index (κ3) is 4.28. The van der Waals surface area contributed by atoms with Gasteiger partial charge in [0.25, 0.3) is 0 Å². The van der Waals surface area contributed by atoms with Crippen molar-refractivity contribution in [3.8, 4) is 17.1 Å². The lowest BCUT2D eigenvalue weighted by Crippen LogP contribution is -2.18. The van der Waals surface area contributed by atoms with E-state index < -0.39 is 0 Å². The second-order valence-electron chi connectivity index (χ2n) is 6.10. The lowest BCUT2D eigenvalue weighted by atomic mass is 9.87. The molecule has 1 amide bonds. The van der Waals surface area contributed by atoms with Gasteiger partial charge < -0.3 is 10.4 Å². The second-order valence-corrected chi connectivity index (χ2v) is 6.10. The van der Waals surface area contributed by atoms with E-state index in [-0.39, 0.29) is 11.7 Å². The summed E-state index contributed by atoms with van der Waals surface area (Å²) in [7, 11) is 0. The molecule has 1 heterocycles. The molecule has 1 aliphatic carbocycles. The summed E-state index contributed by atoms with van der Waals surface area (Å²) in [6, 6.07) is 6.78. The molecule has 0 spiro atoms. The van der Waals surface area contributed by atoms with E-state index in [4.69, 9.17) is 0 Å². The molecule has 5 nitrogen and oxygen atoms in total. The summed E-state index contributed by atoms with van der Waals surface area (Å²) in [6.07, 6.45) is 9.85. The molecule has 2 aromatic rings. The normalized spacial score (nSPS) is 15.3. The number of aromatic hydroxyl groups is 1. The van der Waals surface area contributed by atoms with E-state index >= 15 is 0 Å². The Kier molecular flexibility index (Phi) is 4.86. The van der Waals surface area contributed by atoms with Crippen LogP contribution in [0.3, 0.4) is 0 Å². The molecule has 1 aliphatic rings. The van der Waals surface area contributed by atoms with Crippen molar-refractivity contribution >= 4 is 11.6 Å². The highest BCUT2D eigenvalue weighted by Crippen LogP contribution is 2.26. The highest BCUT2D eigenvalue weighted by molar-refractivity contribution is 5.90. The first-order valence-electron chi connectivity index (χ1n) is 8.12. The lowest BCUT2D eigenvalue weighted by Gasteiger charge is -2.20. The molecule has 23 heavy (non-hydrogen) atoms. The highest BCUT2D eigenvalue weighted by atomic mass is 16.3. The van der Waals surface area contributed by atoms with E-state index in [0.29, 0.717) is 23.9 Å². The molecule has 5 heteroatoms. The Labute approximate surface area is 135 Å². The molecule has 0 saturated heterocycles. The van der Waals surface area contributed by atoms with Crippen molar-refractivity contribution in [2.75, 3.05) is 5.32 Å². The topological polar surface area (TPSA) is 75.1 Å². The summed E-state index contributed by atoms with van der Waals surface area (Å²) in [4.78, 5) is 20.6. The van der Waals surface area contributed by atoms with Crippen LogP contribution in [0.15, 0.2) is 36.7 Å². The van der Waals surface area contributed by atoms with Gasteiger partial charge in [0, 0.05) is 12.0 Å². The van der Waals surface area contributed by atoms with Gasteiger partial charge in [-0.05, 0) is 30.9 Å². The molecule has 1 aromatic heterocycles. The number of hydrogen-bond acceptors (Lipinski definition) is 4. The summed E-state index contributed by atoms with van der Waals surface area (Å²) in [5.74, 6) is 1.24. The van der Waals surface area contributed by atoms with Crippen LogP contribution in [-0.4, -0.2) is 21.0 Å². The SMILES string of the molecule is O=C(CC1CCCCC1)Nc1cnc(-c2cccc(O)c2)nc1. The number of carbonyl (C=O) groups excluding carboxylic acids is 1. The zero-order chi connectivity index (χ0) is 16.1. The average Bonchev–Trinajstić information content (AvgIpc) is 2.56. The van der Waals surface area contributed by atoms with Gasteiger partial charge in [-0.1, -0.05) is 31.4 Å². The van der Waals surface area contributed by atoms with Crippen molar-refractivity contribution < 1.29 is 9.90 Å². The number of nitrogens with zero attached hydrogens (tertiary/aromatic N) is 2. The molecule has 120 valence electrons. The van der Waals surface area contributed by atoms with Gasteiger partial charge in [-0.3, -0.25) is 4.79 Å². The quantitative estimate of drug-likeness (QED) is 0.901. The number of benzene rings is 1. The maximum atomic E-state index is 12.1. The molecule has 0 aliphatic heterocycles. The molecule has 2 N–H and O–H groups in total. The summed E-state index contributed by atoms with van der Waals surface area (Å²) in [6.45, 7) is 0. The van der Waals surface area contributed by atoms with Crippen molar-refractivity contribution in [1.82, 2.24) is 9.97 Å². The van der Waals surface area contributed by atoms with Crippen molar-refractivity contribution in [2.24, 2.45) is 5.92 Å². The third-order valence-corrected chi connectivity index (χ3v) is 4.24. The third-order valence-electron chi connectivity index (χ3n) is 4.24. The zero-order valence-corrected chi connectivity index (χ0v) is 13.0. The Morgan fingerprint density at radius 2 is 1.91 bits per heavy atom. The van der Waals surface area contributed by atoms with Gasteiger partial charge in [0.1, 0.15) is 5.75 Å². The number of amides is 1. The van der Waals surface area contributed by atoms with E-state index in [0.717, 1.165) is 18.4 Å². The van der Waals surface area contributed by atoms with Gasteiger partial charge in [-0.15, -0.1) is 0 Å². The molecule has 0 atom stereocenters. The highest BCUT2D eigenvalue weighted by Gasteiger charge is 2.17. The number of phenolic OH excluding ortho intramolecular Hbond substituents is 1. The average molecular weight is 311 g/mol. The van der Waals surface area contributed by atoms with E-state index in [1.54, 1.807) is 30.6 Å². The minimum Gasteiger partial charge on any atom is -0.508 e. The Morgan fingerprint density at radius 1 is 1.17 bits per heavy atom. The first-order valence-corrected chi connectivity index (χ1v) is 8.12. The standard InChI is InChI=1S/C18H21N3O2/c22-16-8-4-7-14(10-16)18-19-11-15(12-20-18)21-17(23)9-13-5-2-1-3-6-13/h4,7-8,10-13,22H,1-3,5-6,9H2,(H,21,23). The number of rotatable bonds is 4. The number of carbonyl (C=O) groups is 1. The van der Waals surface area contributed by atoms with Gasteiger partial charge in [0.2, 0.25) is 5.91 Å². The molecule has 0 radical (unpaired) electrons. The Bertz CT molecular complexity index is 664.